The highest BCUT2D eigenvalue weighted by Gasteiger charge is 2.27. The Hall–Kier alpha value is -3.23. The van der Waals surface area contributed by atoms with Crippen molar-refractivity contribution >= 4 is 17.5 Å². The molecule has 1 aromatic carbocycles. The second kappa shape index (κ2) is 9.28. The van der Waals surface area contributed by atoms with E-state index in [1.165, 1.54) is 19.2 Å². The standard InChI is InChI=1S/C22H26FN5O3/c1-31-22-24-13-16(14-25-22)18-12-17(23)5-6-19(18)26-8-10-27(11-9-26)21(30)15-28-7-3-2-4-20(28)29/h5-6,12-14H,2-4,7-11,15H2,1H3. The molecule has 8 nitrogen and oxygen atoms in total. The van der Waals surface area contributed by atoms with Crippen molar-refractivity contribution in [2.24, 2.45) is 0 Å². The van der Waals surface area contributed by atoms with E-state index in [9.17, 15) is 14.0 Å². The molecule has 2 fully saturated rings. The summed E-state index contributed by atoms with van der Waals surface area (Å²) < 4.78 is 19.0. The molecular weight excluding hydrogens is 401 g/mol. The molecule has 2 aliphatic heterocycles. The number of methoxy groups -OCH3 is 1. The first kappa shape index (κ1) is 21.0. The monoisotopic (exact) mass is 427 g/mol. The maximum Gasteiger partial charge on any atom is 0.316 e. The predicted octanol–water partition coefficient (Wildman–Crippen LogP) is 1.95. The minimum Gasteiger partial charge on any atom is -0.467 e. The van der Waals surface area contributed by atoms with Crippen LogP contribution in [0.5, 0.6) is 6.01 Å². The Kier molecular flexibility index (Phi) is 6.29. The van der Waals surface area contributed by atoms with Gasteiger partial charge in [-0.25, -0.2) is 14.4 Å². The van der Waals surface area contributed by atoms with Crippen molar-refractivity contribution in [1.82, 2.24) is 19.8 Å². The Labute approximate surface area is 180 Å². The number of piperidine rings is 1. The van der Waals surface area contributed by atoms with Crippen molar-refractivity contribution in [3.05, 3.63) is 36.4 Å². The summed E-state index contributed by atoms with van der Waals surface area (Å²) in [6.45, 7) is 3.16. The number of hydrogen-bond acceptors (Lipinski definition) is 6. The zero-order chi connectivity index (χ0) is 21.8. The summed E-state index contributed by atoms with van der Waals surface area (Å²) in [5.41, 5.74) is 2.26. The molecule has 4 rings (SSSR count). The van der Waals surface area contributed by atoms with Crippen LogP contribution < -0.4 is 9.64 Å². The molecule has 0 bridgehead atoms. The molecule has 2 aromatic rings. The van der Waals surface area contributed by atoms with Gasteiger partial charge in [0.25, 0.3) is 0 Å². The lowest BCUT2D eigenvalue weighted by molar-refractivity contribution is -0.142. The molecule has 2 saturated heterocycles. The Bertz CT molecular complexity index is 945. The van der Waals surface area contributed by atoms with E-state index in [4.69, 9.17) is 4.74 Å². The van der Waals surface area contributed by atoms with E-state index < -0.39 is 0 Å². The molecule has 2 amide bonds. The lowest BCUT2D eigenvalue weighted by Crippen LogP contribution is -2.52. The largest absolute Gasteiger partial charge is 0.467 e. The molecular formula is C22H26FN5O3. The number of rotatable bonds is 5. The van der Waals surface area contributed by atoms with Crippen molar-refractivity contribution in [2.45, 2.75) is 19.3 Å². The molecule has 3 heterocycles. The predicted molar refractivity (Wildman–Crippen MR) is 113 cm³/mol. The lowest BCUT2D eigenvalue weighted by Gasteiger charge is -2.38. The summed E-state index contributed by atoms with van der Waals surface area (Å²) in [5.74, 6) is -0.289. The van der Waals surface area contributed by atoms with E-state index in [2.05, 4.69) is 14.9 Å². The first-order valence-electron chi connectivity index (χ1n) is 10.5. The van der Waals surface area contributed by atoms with Gasteiger partial charge in [-0.15, -0.1) is 0 Å². The molecule has 9 heteroatoms. The second-order valence-corrected chi connectivity index (χ2v) is 7.76. The van der Waals surface area contributed by atoms with E-state index in [-0.39, 0.29) is 30.2 Å². The van der Waals surface area contributed by atoms with Crippen molar-refractivity contribution in [3.8, 4) is 17.1 Å². The summed E-state index contributed by atoms with van der Waals surface area (Å²) in [6, 6.07) is 4.91. The van der Waals surface area contributed by atoms with Crippen LogP contribution in [0.2, 0.25) is 0 Å². The number of benzene rings is 1. The summed E-state index contributed by atoms with van der Waals surface area (Å²) in [5, 5.41) is 0. The smallest absolute Gasteiger partial charge is 0.316 e. The molecule has 164 valence electrons. The Morgan fingerprint density at radius 2 is 1.84 bits per heavy atom. The number of halogens is 1. The molecule has 0 spiro atoms. The Balaban J connectivity index is 1.43. The number of carbonyl (C=O) groups excluding carboxylic acids is 2. The van der Waals surface area contributed by atoms with E-state index >= 15 is 0 Å². The number of likely N-dealkylation sites (tertiary alicyclic amines) is 1. The van der Waals surface area contributed by atoms with Crippen LogP contribution in [0.4, 0.5) is 10.1 Å². The van der Waals surface area contributed by atoms with Crippen LogP contribution in [0.1, 0.15) is 19.3 Å². The van der Waals surface area contributed by atoms with Crippen LogP contribution in [-0.2, 0) is 9.59 Å². The van der Waals surface area contributed by atoms with Crippen LogP contribution in [0.25, 0.3) is 11.1 Å². The van der Waals surface area contributed by atoms with Crippen molar-refractivity contribution in [3.63, 3.8) is 0 Å². The zero-order valence-electron chi connectivity index (χ0n) is 17.6. The van der Waals surface area contributed by atoms with Gasteiger partial charge in [0, 0.05) is 68.4 Å². The first-order valence-corrected chi connectivity index (χ1v) is 10.5. The fraction of sp³-hybridized carbons (Fsp3) is 0.455. The quantitative estimate of drug-likeness (QED) is 0.726. The Morgan fingerprint density at radius 1 is 1.10 bits per heavy atom. The first-order chi connectivity index (χ1) is 15.0. The van der Waals surface area contributed by atoms with Gasteiger partial charge in [0.1, 0.15) is 5.82 Å². The highest BCUT2D eigenvalue weighted by molar-refractivity contribution is 5.85. The SMILES string of the molecule is COc1ncc(-c2cc(F)ccc2N2CCN(C(=O)CN3CCCCC3=O)CC2)cn1. The highest BCUT2D eigenvalue weighted by Crippen LogP contribution is 2.32. The minimum absolute atomic E-state index is 0.0159. The molecule has 0 atom stereocenters. The Morgan fingerprint density at radius 3 is 2.52 bits per heavy atom. The van der Waals surface area contributed by atoms with Gasteiger partial charge in [0.15, 0.2) is 0 Å². The molecule has 0 unspecified atom stereocenters. The van der Waals surface area contributed by atoms with Gasteiger partial charge in [0.2, 0.25) is 11.8 Å². The summed E-state index contributed by atoms with van der Waals surface area (Å²) in [7, 11) is 1.49. The van der Waals surface area contributed by atoms with Gasteiger partial charge < -0.3 is 19.4 Å². The third-order valence-corrected chi connectivity index (χ3v) is 5.80. The molecule has 31 heavy (non-hydrogen) atoms. The molecule has 2 aliphatic rings. The number of aromatic nitrogens is 2. The van der Waals surface area contributed by atoms with Gasteiger partial charge in [-0.2, -0.15) is 0 Å². The average Bonchev–Trinajstić information content (AvgIpc) is 2.81. The molecule has 0 aliphatic carbocycles. The lowest BCUT2D eigenvalue weighted by atomic mass is 10.0. The van der Waals surface area contributed by atoms with Gasteiger partial charge in [-0.05, 0) is 31.0 Å². The van der Waals surface area contributed by atoms with Gasteiger partial charge >= 0.3 is 6.01 Å². The summed E-state index contributed by atoms with van der Waals surface area (Å²) >= 11 is 0. The van der Waals surface area contributed by atoms with Crippen LogP contribution in [0, 0.1) is 5.82 Å². The number of nitrogens with zero attached hydrogens (tertiary/aromatic N) is 5. The topological polar surface area (TPSA) is 78.9 Å². The van der Waals surface area contributed by atoms with Crippen molar-refractivity contribution in [1.29, 1.82) is 0 Å². The maximum atomic E-state index is 14.0. The number of carbonyl (C=O) groups is 2. The van der Waals surface area contributed by atoms with Crippen LogP contribution in [0.3, 0.4) is 0 Å². The number of hydrogen-bond donors (Lipinski definition) is 0. The fourth-order valence-corrected chi connectivity index (χ4v) is 4.06. The fourth-order valence-electron chi connectivity index (χ4n) is 4.06. The third kappa shape index (κ3) is 4.76. The number of anilines is 1. The van der Waals surface area contributed by atoms with Gasteiger partial charge in [-0.1, -0.05) is 0 Å². The van der Waals surface area contributed by atoms with Crippen LogP contribution >= 0.6 is 0 Å². The van der Waals surface area contributed by atoms with E-state index in [0.29, 0.717) is 50.3 Å². The summed E-state index contributed by atoms with van der Waals surface area (Å²) in [6.07, 6.45) is 5.61. The van der Waals surface area contributed by atoms with Crippen molar-refractivity contribution < 1.29 is 18.7 Å². The minimum atomic E-state index is -0.338. The molecule has 0 N–H and O–H groups in total. The normalized spacial score (nSPS) is 17.1. The van der Waals surface area contributed by atoms with Gasteiger partial charge in [0.05, 0.1) is 13.7 Å². The third-order valence-electron chi connectivity index (χ3n) is 5.80. The second-order valence-electron chi connectivity index (χ2n) is 7.76. The average molecular weight is 427 g/mol. The maximum absolute atomic E-state index is 14.0. The van der Waals surface area contributed by atoms with Gasteiger partial charge in [-0.3, -0.25) is 9.59 Å². The number of ether oxygens (including phenoxy) is 1. The highest BCUT2D eigenvalue weighted by atomic mass is 19.1. The molecule has 0 saturated carbocycles. The van der Waals surface area contributed by atoms with E-state index in [0.717, 1.165) is 18.5 Å². The number of piperazine rings is 1. The summed E-state index contributed by atoms with van der Waals surface area (Å²) in [4.78, 5) is 38.5. The molecule has 0 radical (unpaired) electrons. The van der Waals surface area contributed by atoms with E-state index in [1.807, 2.05) is 0 Å². The van der Waals surface area contributed by atoms with Crippen LogP contribution in [0.15, 0.2) is 30.6 Å². The van der Waals surface area contributed by atoms with Crippen molar-refractivity contribution in [2.75, 3.05) is 51.3 Å². The molecule has 1 aromatic heterocycles. The van der Waals surface area contributed by atoms with E-state index in [1.54, 1.807) is 28.3 Å². The zero-order valence-corrected chi connectivity index (χ0v) is 17.6. The van der Waals surface area contributed by atoms with Crippen LogP contribution in [-0.4, -0.2) is 78.0 Å². The number of amides is 2.